The van der Waals surface area contributed by atoms with Gasteiger partial charge >= 0.3 is 30.2 Å². The molecule has 5 N–H and O–H groups in total. The fourth-order valence-electron chi connectivity index (χ4n) is 7.96. The normalized spacial score (nSPS) is 13.0. The summed E-state index contributed by atoms with van der Waals surface area (Å²) < 4.78 is 16.5. The molecule has 0 bridgehead atoms. The zero-order valence-electron chi connectivity index (χ0n) is 40.8. The van der Waals surface area contributed by atoms with Crippen LogP contribution >= 0.6 is 0 Å². The number of aliphatic carboxylic acids is 2. The highest BCUT2D eigenvalue weighted by atomic mass is 16.6. The summed E-state index contributed by atoms with van der Waals surface area (Å²) in [6, 6.07) is 32.8. The molecule has 2 aliphatic rings. The summed E-state index contributed by atoms with van der Waals surface area (Å²) in [5.74, 6) is -2.42. The van der Waals surface area contributed by atoms with Crippen LogP contribution in [0.15, 0.2) is 97.1 Å². The zero-order chi connectivity index (χ0) is 50.3. The lowest BCUT2D eigenvalue weighted by Gasteiger charge is -2.27. The number of carboxylic acid groups (broad SMARTS) is 2. The Balaban J connectivity index is 0.000000284. The maximum absolute atomic E-state index is 12.6. The zero-order valence-corrected chi connectivity index (χ0v) is 40.8. The molecule has 0 spiro atoms. The summed E-state index contributed by atoms with van der Waals surface area (Å²) in [7, 11) is 0. The van der Waals surface area contributed by atoms with Crippen LogP contribution in [-0.4, -0.2) is 110 Å². The number of carboxylic acids is 2. The van der Waals surface area contributed by atoms with Crippen LogP contribution in [0, 0.1) is 11.8 Å². The molecule has 2 atom stereocenters. The minimum Gasteiger partial charge on any atom is -0.481 e. The molecule has 0 radical (unpaired) electrons. The van der Waals surface area contributed by atoms with E-state index >= 15 is 0 Å². The van der Waals surface area contributed by atoms with Crippen molar-refractivity contribution >= 4 is 36.5 Å². The number of aldehydes is 1. The SMILES string of the molecule is CCC=O.C[C@@H](CCCN(CCNC(=O)OCC1c2ccccc2-c2ccccc21)C(=O)OC(C)(C)C)C(=O)O.C[C@@H](CCCNCCNC(=O)OCC1c2ccccc2-c2ccccc21)C(=O)O. The molecular weight excluding hydrogens is 881 g/mol. The Hall–Kier alpha value is -6.74. The number of nitrogens with one attached hydrogen (secondary N) is 3. The summed E-state index contributed by atoms with van der Waals surface area (Å²) in [6.07, 6.45) is 2.42. The van der Waals surface area contributed by atoms with Gasteiger partial charge in [-0.05, 0) is 97.5 Å². The lowest BCUT2D eigenvalue weighted by Crippen LogP contribution is -2.42. The van der Waals surface area contributed by atoms with Crippen molar-refractivity contribution in [2.24, 2.45) is 11.8 Å². The van der Waals surface area contributed by atoms with Gasteiger partial charge in [-0.3, -0.25) is 9.59 Å². The third-order valence-electron chi connectivity index (χ3n) is 11.6. The van der Waals surface area contributed by atoms with E-state index in [2.05, 4.69) is 64.5 Å². The first-order chi connectivity index (χ1) is 33.1. The summed E-state index contributed by atoms with van der Waals surface area (Å²) in [5.41, 5.74) is 8.73. The minimum absolute atomic E-state index is 0.0300. The molecule has 0 unspecified atom stereocenters. The molecule has 15 nitrogen and oxygen atoms in total. The Kier molecular flexibility index (Phi) is 22.2. The number of alkyl carbamates (subject to hydrolysis) is 2. The van der Waals surface area contributed by atoms with Gasteiger partial charge in [-0.1, -0.05) is 118 Å². The number of ether oxygens (including phenoxy) is 3. The first-order valence-corrected chi connectivity index (χ1v) is 23.8. The Morgan fingerprint density at radius 3 is 1.39 bits per heavy atom. The average molecular weight is 951 g/mol. The van der Waals surface area contributed by atoms with E-state index < -0.39 is 41.7 Å². The number of amides is 3. The van der Waals surface area contributed by atoms with Crippen LogP contribution in [0.25, 0.3) is 22.3 Å². The molecule has 0 saturated carbocycles. The average Bonchev–Trinajstić information content (AvgIpc) is 3.83. The van der Waals surface area contributed by atoms with Gasteiger partial charge in [0.25, 0.3) is 0 Å². The molecule has 0 fully saturated rings. The molecule has 2 aliphatic carbocycles. The molecule has 0 aromatic heterocycles. The third-order valence-corrected chi connectivity index (χ3v) is 11.6. The highest BCUT2D eigenvalue weighted by molar-refractivity contribution is 5.80. The standard InChI is InChI=1S/C28H36N2O6.C23H28N2O4.C3H6O/c1-19(25(31)32)10-9-16-30(27(34)36-28(2,3)4)17-15-29-26(33)35-18-24-22-13-7-5-11-20(22)21-12-6-8-14-23(21)24;1-16(22(26)27)7-6-12-24-13-14-25-23(28)29-15-21-19-10-4-2-8-17(19)18-9-3-5-11-20(18)21;1-2-3-4/h5-8,11-14,19,24H,9-10,15-18H2,1-4H3,(H,29,33)(H,31,32);2-5,8-11,16,21,24H,6-7,12-15H2,1H3,(H,25,28)(H,26,27);3H,2H2,1H3/t19-;16-;/m00./s1. The van der Waals surface area contributed by atoms with Crippen LogP contribution in [-0.2, 0) is 28.6 Å². The molecule has 3 amide bonds. The fourth-order valence-corrected chi connectivity index (χ4v) is 7.96. The van der Waals surface area contributed by atoms with Crippen molar-refractivity contribution in [3.05, 3.63) is 119 Å². The van der Waals surface area contributed by atoms with Crippen LogP contribution in [0.2, 0.25) is 0 Å². The molecule has 0 heterocycles. The van der Waals surface area contributed by atoms with Gasteiger partial charge in [-0.15, -0.1) is 0 Å². The molecule has 4 aromatic carbocycles. The van der Waals surface area contributed by atoms with E-state index in [0.717, 1.165) is 41.5 Å². The van der Waals surface area contributed by atoms with Crippen molar-refractivity contribution < 1.29 is 53.2 Å². The molecular formula is C54H70N4O11. The number of carbonyl (C=O) groups excluding carboxylic acids is 4. The molecule has 4 aromatic rings. The number of rotatable bonds is 21. The van der Waals surface area contributed by atoms with Gasteiger partial charge < -0.3 is 50.1 Å². The summed E-state index contributed by atoms with van der Waals surface area (Å²) in [6.45, 7) is 13.6. The smallest absolute Gasteiger partial charge is 0.410 e. The molecule has 69 heavy (non-hydrogen) atoms. The van der Waals surface area contributed by atoms with Crippen LogP contribution < -0.4 is 16.0 Å². The van der Waals surface area contributed by atoms with Crippen molar-refractivity contribution in [3.8, 4) is 22.3 Å². The van der Waals surface area contributed by atoms with Gasteiger partial charge in [0.2, 0.25) is 0 Å². The van der Waals surface area contributed by atoms with E-state index in [0.29, 0.717) is 51.9 Å². The molecule has 372 valence electrons. The number of hydrogen-bond donors (Lipinski definition) is 5. The Labute approximate surface area is 406 Å². The topological polar surface area (TPSA) is 210 Å². The van der Waals surface area contributed by atoms with Crippen LogP contribution in [0.4, 0.5) is 14.4 Å². The van der Waals surface area contributed by atoms with Gasteiger partial charge in [0.05, 0.1) is 11.8 Å². The first kappa shape index (κ1) is 54.9. The minimum atomic E-state index is -0.865. The van der Waals surface area contributed by atoms with E-state index in [1.165, 1.54) is 27.2 Å². The maximum atomic E-state index is 12.6. The van der Waals surface area contributed by atoms with Crippen molar-refractivity contribution in [1.82, 2.24) is 20.9 Å². The molecule has 15 heteroatoms. The summed E-state index contributed by atoms with van der Waals surface area (Å²) in [4.78, 5) is 69.6. The Morgan fingerprint density at radius 1 is 0.609 bits per heavy atom. The lowest BCUT2D eigenvalue weighted by atomic mass is 9.98. The summed E-state index contributed by atoms with van der Waals surface area (Å²) in [5, 5.41) is 26.6. The largest absolute Gasteiger partial charge is 0.481 e. The monoisotopic (exact) mass is 951 g/mol. The lowest BCUT2D eigenvalue weighted by molar-refractivity contribution is -0.142. The van der Waals surface area contributed by atoms with Crippen LogP contribution in [0.1, 0.15) is 108 Å². The van der Waals surface area contributed by atoms with E-state index in [9.17, 15) is 28.8 Å². The van der Waals surface area contributed by atoms with Crippen molar-refractivity contribution in [2.45, 2.75) is 91.1 Å². The number of fused-ring (bicyclic) bond motifs is 6. The van der Waals surface area contributed by atoms with Crippen molar-refractivity contribution in [2.75, 3.05) is 52.5 Å². The molecule has 0 aliphatic heterocycles. The van der Waals surface area contributed by atoms with Gasteiger partial charge in [0.15, 0.2) is 0 Å². The van der Waals surface area contributed by atoms with Gasteiger partial charge in [0.1, 0.15) is 25.1 Å². The van der Waals surface area contributed by atoms with Crippen molar-refractivity contribution in [3.63, 3.8) is 0 Å². The Bertz CT molecular complexity index is 2220. The van der Waals surface area contributed by atoms with Crippen LogP contribution in [0.5, 0.6) is 0 Å². The molecule has 0 saturated heterocycles. The van der Waals surface area contributed by atoms with E-state index in [1.54, 1.807) is 34.6 Å². The predicted octanol–water partition coefficient (Wildman–Crippen LogP) is 9.47. The summed E-state index contributed by atoms with van der Waals surface area (Å²) >= 11 is 0. The highest BCUT2D eigenvalue weighted by Gasteiger charge is 2.31. The van der Waals surface area contributed by atoms with Gasteiger partial charge in [-0.25, -0.2) is 14.4 Å². The van der Waals surface area contributed by atoms with E-state index in [-0.39, 0.29) is 37.5 Å². The second-order valence-electron chi connectivity index (χ2n) is 18.1. The van der Waals surface area contributed by atoms with Crippen molar-refractivity contribution in [1.29, 1.82) is 0 Å². The second-order valence-corrected chi connectivity index (χ2v) is 18.1. The quantitative estimate of drug-likeness (QED) is 0.0301. The fraction of sp³-hybridized carbons (Fsp3) is 0.444. The number of benzene rings is 4. The molecule has 6 rings (SSSR count). The highest BCUT2D eigenvalue weighted by Crippen LogP contribution is 2.45. The number of nitrogens with zero attached hydrogens (tertiary/aromatic N) is 1. The maximum Gasteiger partial charge on any atom is 0.410 e. The first-order valence-electron chi connectivity index (χ1n) is 23.8. The van der Waals surface area contributed by atoms with Crippen LogP contribution in [0.3, 0.4) is 0 Å². The number of carbonyl (C=O) groups is 6. The van der Waals surface area contributed by atoms with E-state index in [4.69, 9.17) is 24.4 Å². The Morgan fingerprint density at radius 2 is 1.00 bits per heavy atom. The van der Waals surface area contributed by atoms with Gasteiger partial charge in [-0.2, -0.15) is 0 Å². The number of hydrogen-bond acceptors (Lipinski definition) is 10. The van der Waals surface area contributed by atoms with Gasteiger partial charge in [0, 0.05) is 51.0 Å². The predicted molar refractivity (Wildman–Crippen MR) is 265 cm³/mol. The second kappa shape index (κ2) is 27.9. The van der Waals surface area contributed by atoms with E-state index in [1.807, 2.05) is 55.5 Å². The third kappa shape index (κ3) is 17.4.